The zero-order valence-corrected chi connectivity index (χ0v) is 16.5. The van der Waals surface area contributed by atoms with E-state index in [-0.39, 0.29) is 5.91 Å². The van der Waals surface area contributed by atoms with E-state index < -0.39 is 6.10 Å². The molecule has 0 N–H and O–H groups in total. The third-order valence-electron chi connectivity index (χ3n) is 4.67. The van der Waals surface area contributed by atoms with E-state index in [0.717, 1.165) is 22.6 Å². The summed E-state index contributed by atoms with van der Waals surface area (Å²) in [4.78, 5) is 19.4. The average molecular weight is 413 g/mol. The minimum Gasteiger partial charge on any atom is -0.480 e. The number of para-hydroxylation sites is 1. The Labute approximate surface area is 173 Å². The van der Waals surface area contributed by atoms with Gasteiger partial charge in [-0.25, -0.2) is 0 Å². The first-order chi connectivity index (χ1) is 13.6. The molecule has 6 heteroatoms. The van der Waals surface area contributed by atoms with E-state index in [1.54, 1.807) is 23.2 Å². The Morgan fingerprint density at radius 3 is 2.61 bits per heavy atom. The zero-order chi connectivity index (χ0) is 19.5. The van der Waals surface area contributed by atoms with Gasteiger partial charge in [-0.15, -0.1) is 0 Å². The molecule has 0 spiro atoms. The molecule has 0 saturated heterocycles. The van der Waals surface area contributed by atoms with Crippen molar-refractivity contribution >= 4 is 29.1 Å². The second-order valence-corrected chi connectivity index (χ2v) is 7.50. The molecule has 1 aliphatic heterocycles. The number of carbonyl (C=O) groups excluding carboxylic acids is 1. The van der Waals surface area contributed by atoms with Crippen molar-refractivity contribution in [3.63, 3.8) is 0 Å². The summed E-state index contributed by atoms with van der Waals surface area (Å²) >= 11 is 12.2. The van der Waals surface area contributed by atoms with E-state index >= 15 is 0 Å². The van der Waals surface area contributed by atoms with Gasteiger partial charge in [-0.1, -0.05) is 53.5 Å². The van der Waals surface area contributed by atoms with Crippen LogP contribution in [0.25, 0.3) is 0 Å². The van der Waals surface area contributed by atoms with Crippen LogP contribution in [-0.2, 0) is 24.3 Å². The first-order valence-electron chi connectivity index (χ1n) is 8.97. The number of rotatable bonds is 5. The van der Waals surface area contributed by atoms with Crippen molar-refractivity contribution in [2.75, 3.05) is 0 Å². The number of ether oxygens (including phenoxy) is 1. The number of hydrogen-bond donors (Lipinski definition) is 0. The van der Waals surface area contributed by atoms with Gasteiger partial charge < -0.3 is 9.64 Å². The highest BCUT2D eigenvalue weighted by Gasteiger charge is 2.32. The zero-order valence-electron chi connectivity index (χ0n) is 15.0. The van der Waals surface area contributed by atoms with E-state index in [1.807, 2.05) is 48.5 Å². The molecule has 4 rings (SSSR count). The summed E-state index contributed by atoms with van der Waals surface area (Å²) in [5.41, 5.74) is 2.76. The van der Waals surface area contributed by atoms with Gasteiger partial charge in [-0.2, -0.15) is 0 Å². The Morgan fingerprint density at radius 1 is 1.04 bits per heavy atom. The van der Waals surface area contributed by atoms with Gasteiger partial charge in [0.1, 0.15) is 5.75 Å². The molecule has 1 amide bonds. The van der Waals surface area contributed by atoms with Crippen LogP contribution >= 0.6 is 23.2 Å². The third-order valence-corrected chi connectivity index (χ3v) is 5.41. The molecule has 0 radical (unpaired) electrons. The van der Waals surface area contributed by atoms with Gasteiger partial charge in [-0.05, 0) is 41.5 Å². The van der Waals surface area contributed by atoms with Gasteiger partial charge in [0, 0.05) is 19.2 Å². The van der Waals surface area contributed by atoms with Gasteiger partial charge in [-0.3, -0.25) is 9.78 Å². The minimum absolute atomic E-state index is 0.0760. The quantitative estimate of drug-likeness (QED) is 0.596. The topological polar surface area (TPSA) is 42.4 Å². The number of hydrogen-bond acceptors (Lipinski definition) is 3. The minimum atomic E-state index is -0.538. The summed E-state index contributed by atoms with van der Waals surface area (Å²) in [6, 6.07) is 18.8. The Hall–Kier alpha value is -2.56. The third kappa shape index (κ3) is 4.13. The second kappa shape index (κ2) is 8.21. The van der Waals surface area contributed by atoms with Crippen LogP contribution in [0.15, 0.2) is 66.9 Å². The Kier molecular flexibility index (Phi) is 5.51. The van der Waals surface area contributed by atoms with Crippen molar-refractivity contribution < 1.29 is 9.53 Å². The predicted octanol–water partition coefficient (Wildman–Crippen LogP) is 4.92. The number of nitrogens with zero attached hydrogens (tertiary/aromatic N) is 2. The normalized spacial score (nSPS) is 15.0. The molecule has 2 aromatic carbocycles. The Balaban J connectivity index is 1.57. The maximum Gasteiger partial charge on any atom is 0.264 e. The maximum atomic E-state index is 13.3. The average Bonchev–Trinajstić information content (AvgIpc) is 3.15. The van der Waals surface area contributed by atoms with Crippen LogP contribution in [0.2, 0.25) is 10.0 Å². The summed E-state index contributed by atoms with van der Waals surface area (Å²) < 4.78 is 5.91. The fraction of sp³-hybridized carbons (Fsp3) is 0.182. The lowest BCUT2D eigenvalue weighted by Gasteiger charge is -2.25. The van der Waals surface area contributed by atoms with Crippen LogP contribution < -0.4 is 4.74 Å². The molecular weight excluding hydrogens is 395 g/mol. The smallest absolute Gasteiger partial charge is 0.264 e. The van der Waals surface area contributed by atoms with E-state index in [4.69, 9.17) is 27.9 Å². The molecule has 1 aromatic heterocycles. The van der Waals surface area contributed by atoms with Crippen molar-refractivity contribution in [1.29, 1.82) is 0 Å². The van der Waals surface area contributed by atoms with Gasteiger partial charge in [0.2, 0.25) is 0 Å². The van der Waals surface area contributed by atoms with Crippen LogP contribution in [0.4, 0.5) is 0 Å². The van der Waals surface area contributed by atoms with Crippen LogP contribution in [0, 0.1) is 0 Å². The fourth-order valence-corrected chi connectivity index (χ4v) is 3.60. The molecule has 0 bridgehead atoms. The molecule has 3 aromatic rings. The first kappa shape index (κ1) is 18.8. The predicted molar refractivity (Wildman–Crippen MR) is 110 cm³/mol. The molecule has 142 valence electrons. The molecular formula is C22H18Cl2N2O2. The summed E-state index contributed by atoms with van der Waals surface area (Å²) in [5.74, 6) is 0.695. The summed E-state index contributed by atoms with van der Waals surface area (Å²) in [5, 5.41) is 0.955. The van der Waals surface area contributed by atoms with Crippen LogP contribution in [0.5, 0.6) is 5.75 Å². The van der Waals surface area contributed by atoms with E-state index in [9.17, 15) is 4.79 Å². The van der Waals surface area contributed by atoms with Crippen LogP contribution in [0.3, 0.4) is 0 Å². The van der Waals surface area contributed by atoms with Gasteiger partial charge in [0.25, 0.3) is 5.91 Å². The SMILES string of the molecule is O=C(C1Cc2ccccc2O1)N(Cc1ccc(Cl)c(Cl)c1)Cc1ccccn1. The molecule has 1 atom stereocenters. The van der Waals surface area contributed by atoms with Gasteiger partial charge >= 0.3 is 0 Å². The number of carbonyl (C=O) groups is 1. The lowest BCUT2D eigenvalue weighted by atomic mass is 10.1. The Bertz CT molecular complexity index is 970. The van der Waals surface area contributed by atoms with Crippen molar-refractivity contribution in [2.45, 2.75) is 25.6 Å². The molecule has 0 saturated carbocycles. The number of benzene rings is 2. The summed E-state index contributed by atoms with van der Waals surface area (Å²) in [6.45, 7) is 0.776. The molecule has 1 aliphatic rings. The fourth-order valence-electron chi connectivity index (χ4n) is 3.28. The lowest BCUT2D eigenvalue weighted by Crippen LogP contribution is -2.40. The van der Waals surface area contributed by atoms with Gasteiger partial charge in [0.15, 0.2) is 6.10 Å². The number of halogens is 2. The van der Waals surface area contributed by atoms with Crippen molar-refractivity contribution in [3.05, 3.63) is 93.7 Å². The molecule has 2 heterocycles. The highest BCUT2D eigenvalue weighted by molar-refractivity contribution is 6.42. The highest BCUT2D eigenvalue weighted by atomic mass is 35.5. The van der Waals surface area contributed by atoms with Crippen molar-refractivity contribution in [1.82, 2.24) is 9.88 Å². The number of aromatic nitrogens is 1. The lowest BCUT2D eigenvalue weighted by molar-refractivity contribution is -0.139. The maximum absolute atomic E-state index is 13.3. The Morgan fingerprint density at radius 2 is 1.86 bits per heavy atom. The van der Waals surface area contributed by atoms with Crippen LogP contribution in [0.1, 0.15) is 16.8 Å². The van der Waals surface area contributed by atoms with Crippen LogP contribution in [-0.4, -0.2) is 21.9 Å². The van der Waals surface area contributed by atoms with E-state index in [0.29, 0.717) is 29.6 Å². The monoisotopic (exact) mass is 412 g/mol. The number of pyridine rings is 1. The summed E-state index contributed by atoms with van der Waals surface area (Å²) in [6.07, 6.45) is 1.75. The van der Waals surface area contributed by atoms with E-state index in [1.165, 1.54) is 0 Å². The molecule has 0 fully saturated rings. The summed E-state index contributed by atoms with van der Waals surface area (Å²) in [7, 11) is 0. The molecule has 1 unspecified atom stereocenters. The van der Waals surface area contributed by atoms with Crippen molar-refractivity contribution in [3.8, 4) is 5.75 Å². The number of fused-ring (bicyclic) bond motifs is 1. The molecule has 0 aliphatic carbocycles. The second-order valence-electron chi connectivity index (χ2n) is 6.68. The molecule has 4 nitrogen and oxygen atoms in total. The highest BCUT2D eigenvalue weighted by Crippen LogP contribution is 2.30. The largest absolute Gasteiger partial charge is 0.480 e. The number of amides is 1. The van der Waals surface area contributed by atoms with Crippen molar-refractivity contribution in [2.24, 2.45) is 0 Å². The first-order valence-corrected chi connectivity index (χ1v) is 9.73. The van der Waals surface area contributed by atoms with E-state index in [2.05, 4.69) is 4.98 Å². The van der Waals surface area contributed by atoms with Gasteiger partial charge in [0.05, 0.1) is 22.3 Å². The molecule has 28 heavy (non-hydrogen) atoms. The standard InChI is InChI=1S/C22H18Cl2N2O2/c23-18-9-8-15(11-19(18)24)13-26(14-17-6-3-4-10-25-17)22(27)21-12-16-5-1-2-7-20(16)28-21/h1-11,21H,12-14H2.